The zero-order chi connectivity index (χ0) is 12.1. The Morgan fingerprint density at radius 2 is 2.31 bits per heavy atom. The summed E-state index contributed by atoms with van der Waals surface area (Å²) in [5, 5.41) is 9.89. The van der Waals surface area contributed by atoms with Crippen LogP contribution in [0.3, 0.4) is 0 Å². The van der Waals surface area contributed by atoms with Gasteiger partial charge < -0.3 is 9.84 Å². The first kappa shape index (κ1) is 13.4. The summed E-state index contributed by atoms with van der Waals surface area (Å²) in [6, 6.07) is 5.28. The number of ether oxygens (including phenoxy) is 1. The number of halogens is 1. The standard InChI is InChI=1S/C11H13ClO3S/c1-7(13)8-3-4-10(9(12)5-8)16-6-11(14)15-2/h3-5,7,13H,6H2,1-2H3/t7-/m1/s1. The highest BCUT2D eigenvalue weighted by Crippen LogP contribution is 2.29. The Labute approximate surface area is 104 Å². The minimum atomic E-state index is -0.544. The monoisotopic (exact) mass is 260 g/mol. The van der Waals surface area contributed by atoms with Crippen LogP contribution in [-0.2, 0) is 9.53 Å². The maximum atomic E-state index is 10.9. The Kier molecular flexibility index (Phi) is 5.12. The molecule has 1 rings (SSSR count). The third kappa shape index (κ3) is 3.70. The van der Waals surface area contributed by atoms with Crippen molar-refractivity contribution in [3.8, 4) is 0 Å². The number of hydrogen-bond donors (Lipinski definition) is 1. The normalized spacial score (nSPS) is 12.2. The molecule has 1 N–H and O–H groups in total. The Balaban J connectivity index is 2.72. The van der Waals surface area contributed by atoms with Crippen LogP contribution in [0, 0.1) is 0 Å². The molecule has 0 spiro atoms. The molecule has 0 unspecified atom stereocenters. The molecule has 0 aliphatic heterocycles. The van der Waals surface area contributed by atoms with Gasteiger partial charge in [0.05, 0.1) is 24.0 Å². The molecule has 0 saturated heterocycles. The molecule has 88 valence electrons. The average molecular weight is 261 g/mol. The fourth-order valence-corrected chi connectivity index (χ4v) is 2.19. The van der Waals surface area contributed by atoms with Gasteiger partial charge in [0.25, 0.3) is 0 Å². The van der Waals surface area contributed by atoms with Crippen LogP contribution >= 0.6 is 23.4 Å². The maximum absolute atomic E-state index is 10.9. The maximum Gasteiger partial charge on any atom is 0.315 e. The molecule has 16 heavy (non-hydrogen) atoms. The van der Waals surface area contributed by atoms with Crippen LogP contribution < -0.4 is 0 Å². The molecule has 0 aliphatic carbocycles. The van der Waals surface area contributed by atoms with E-state index in [0.717, 1.165) is 10.5 Å². The lowest BCUT2D eigenvalue weighted by Crippen LogP contribution is -2.03. The van der Waals surface area contributed by atoms with Gasteiger partial charge in [0.1, 0.15) is 0 Å². The van der Waals surface area contributed by atoms with Gasteiger partial charge in [-0.1, -0.05) is 17.7 Å². The van der Waals surface area contributed by atoms with Crippen LogP contribution in [0.25, 0.3) is 0 Å². The van der Waals surface area contributed by atoms with E-state index < -0.39 is 6.10 Å². The number of carbonyl (C=O) groups is 1. The van der Waals surface area contributed by atoms with Crippen molar-refractivity contribution >= 4 is 29.3 Å². The van der Waals surface area contributed by atoms with Crippen molar-refractivity contribution < 1.29 is 14.6 Å². The quantitative estimate of drug-likeness (QED) is 0.668. The summed E-state index contributed by atoms with van der Waals surface area (Å²) in [7, 11) is 1.35. The fourth-order valence-electron chi connectivity index (χ4n) is 1.09. The number of aliphatic hydroxyl groups excluding tert-OH is 1. The van der Waals surface area contributed by atoms with Gasteiger partial charge in [-0.05, 0) is 24.6 Å². The van der Waals surface area contributed by atoms with Crippen molar-refractivity contribution in [2.75, 3.05) is 12.9 Å². The molecule has 0 heterocycles. The largest absolute Gasteiger partial charge is 0.468 e. The van der Waals surface area contributed by atoms with E-state index in [1.165, 1.54) is 18.9 Å². The molecular formula is C11H13ClO3S. The second kappa shape index (κ2) is 6.13. The summed E-state index contributed by atoms with van der Waals surface area (Å²) in [5.41, 5.74) is 0.757. The van der Waals surface area contributed by atoms with Crippen LogP contribution in [0.1, 0.15) is 18.6 Å². The molecule has 0 fully saturated rings. The number of aliphatic hydroxyl groups is 1. The minimum absolute atomic E-state index is 0.226. The Morgan fingerprint density at radius 3 is 2.81 bits per heavy atom. The summed E-state index contributed by atoms with van der Waals surface area (Å²) in [4.78, 5) is 11.7. The number of thioether (sulfide) groups is 1. The van der Waals surface area contributed by atoms with E-state index in [2.05, 4.69) is 4.74 Å². The van der Waals surface area contributed by atoms with Crippen molar-refractivity contribution in [3.63, 3.8) is 0 Å². The van der Waals surface area contributed by atoms with E-state index in [1.807, 2.05) is 0 Å². The first-order valence-corrected chi connectivity index (χ1v) is 6.08. The summed E-state index contributed by atoms with van der Waals surface area (Å²) in [6.07, 6.45) is -0.544. The zero-order valence-corrected chi connectivity index (χ0v) is 10.6. The topological polar surface area (TPSA) is 46.5 Å². The molecule has 0 aromatic heterocycles. The van der Waals surface area contributed by atoms with Crippen molar-refractivity contribution in [3.05, 3.63) is 28.8 Å². The molecule has 0 aliphatic rings. The van der Waals surface area contributed by atoms with Crippen LogP contribution in [0.4, 0.5) is 0 Å². The zero-order valence-electron chi connectivity index (χ0n) is 9.07. The second-order valence-corrected chi connectivity index (χ2v) is 4.66. The van der Waals surface area contributed by atoms with Crippen molar-refractivity contribution in [1.82, 2.24) is 0 Å². The smallest absolute Gasteiger partial charge is 0.315 e. The van der Waals surface area contributed by atoms with Crippen LogP contribution in [0.5, 0.6) is 0 Å². The van der Waals surface area contributed by atoms with Gasteiger partial charge in [0, 0.05) is 4.90 Å². The predicted octanol–water partition coefficient (Wildman–Crippen LogP) is 2.66. The average Bonchev–Trinajstić information content (AvgIpc) is 2.26. The minimum Gasteiger partial charge on any atom is -0.468 e. The molecule has 0 radical (unpaired) electrons. The van der Waals surface area contributed by atoms with Crippen LogP contribution in [0.2, 0.25) is 5.02 Å². The van der Waals surface area contributed by atoms with Gasteiger partial charge in [-0.25, -0.2) is 0 Å². The third-order valence-corrected chi connectivity index (χ3v) is 3.48. The van der Waals surface area contributed by atoms with Gasteiger partial charge in [-0.3, -0.25) is 4.79 Å². The summed E-state index contributed by atoms with van der Waals surface area (Å²) in [5.74, 6) is -0.0646. The van der Waals surface area contributed by atoms with Gasteiger partial charge >= 0.3 is 5.97 Å². The highest BCUT2D eigenvalue weighted by Gasteiger charge is 2.08. The van der Waals surface area contributed by atoms with E-state index in [4.69, 9.17) is 11.6 Å². The highest BCUT2D eigenvalue weighted by atomic mass is 35.5. The van der Waals surface area contributed by atoms with E-state index in [9.17, 15) is 9.90 Å². The summed E-state index contributed by atoms with van der Waals surface area (Å²) >= 11 is 7.33. The lowest BCUT2D eigenvalue weighted by molar-refractivity contribution is -0.137. The molecule has 0 amide bonds. The lowest BCUT2D eigenvalue weighted by Gasteiger charge is -2.08. The molecule has 0 saturated carbocycles. The molecule has 1 aromatic rings. The lowest BCUT2D eigenvalue weighted by atomic mass is 10.1. The summed E-state index contributed by atoms with van der Waals surface area (Å²) < 4.78 is 4.53. The van der Waals surface area contributed by atoms with Crippen molar-refractivity contribution in [2.24, 2.45) is 0 Å². The molecule has 1 aromatic carbocycles. The summed E-state index contributed by atoms with van der Waals surface area (Å²) in [6.45, 7) is 1.67. The predicted molar refractivity (Wildman–Crippen MR) is 64.8 cm³/mol. The molecule has 0 bridgehead atoms. The number of methoxy groups -OCH3 is 1. The van der Waals surface area contributed by atoms with Gasteiger partial charge in [0.2, 0.25) is 0 Å². The molecular weight excluding hydrogens is 248 g/mol. The fraction of sp³-hybridized carbons (Fsp3) is 0.364. The van der Waals surface area contributed by atoms with Crippen LogP contribution in [0.15, 0.2) is 23.1 Å². The molecule has 3 nitrogen and oxygen atoms in total. The SMILES string of the molecule is COC(=O)CSc1ccc([C@@H](C)O)cc1Cl. The number of esters is 1. The van der Waals surface area contributed by atoms with E-state index >= 15 is 0 Å². The highest BCUT2D eigenvalue weighted by molar-refractivity contribution is 8.00. The first-order valence-electron chi connectivity index (χ1n) is 4.71. The second-order valence-electron chi connectivity index (χ2n) is 3.23. The Hall–Kier alpha value is -0.710. The van der Waals surface area contributed by atoms with Crippen molar-refractivity contribution in [2.45, 2.75) is 17.9 Å². The Morgan fingerprint density at radius 1 is 1.62 bits per heavy atom. The number of rotatable bonds is 4. The van der Waals surface area contributed by atoms with Crippen molar-refractivity contribution in [1.29, 1.82) is 0 Å². The number of hydrogen-bond acceptors (Lipinski definition) is 4. The number of carbonyl (C=O) groups excluding carboxylic acids is 1. The third-order valence-electron chi connectivity index (χ3n) is 2.01. The van der Waals surface area contributed by atoms with E-state index in [-0.39, 0.29) is 11.7 Å². The molecule has 5 heteroatoms. The van der Waals surface area contributed by atoms with Gasteiger partial charge in [-0.2, -0.15) is 0 Å². The number of benzene rings is 1. The Bertz CT molecular complexity index is 379. The van der Waals surface area contributed by atoms with E-state index in [1.54, 1.807) is 25.1 Å². The molecule has 1 atom stereocenters. The first-order chi connectivity index (χ1) is 7.54. The van der Waals surface area contributed by atoms with Crippen LogP contribution in [-0.4, -0.2) is 23.9 Å². The van der Waals surface area contributed by atoms with Gasteiger partial charge in [0.15, 0.2) is 0 Å². The van der Waals surface area contributed by atoms with Gasteiger partial charge in [-0.15, -0.1) is 11.8 Å². The van der Waals surface area contributed by atoms with E-state index in [0.29, 0.717) is 5.02 Å².